The molecule has 17 heteroatoms. The third-order valence-corrected chi connectivity index (χ3v) is 9.05. The Balaban J connectivity index is 1.53. The zero-order valence-corrected chi connectivity index (χ0v) is 25.5. The second kappa shape index (κ2) is 13.1. The van der Waals surface area contributed by atoms with Crippen LogP contribution in [-0.2, 0) is 38.7 Å². The SMILES string of the molecule is CC(O)C1CCC([C@H]2CCCN2c2ncc(C(F)(F)F)cc2CN(Cc2cc(C(F)(F)F)cc(C(F)(F)F)c2)c2nnn(C)n2)CC1. The number of aryl methyl sites for hydroxylation is 1. The molecule has 1 saturated heterocycles. The Morgan fingerprint density at radius 3 is 2.00 bits per heavy atom. The number of aliphatic hydroxyl groups excluding tert-OH is 1. The lowest BCUT2D eigenvalue weighted by atomic mass is 9.76. The maximum absolute atomic E-state index is 13.9. The number of aliphatic hydroxyl groups is 1. The van der Waals surface area contributed by atoms with Crippen LogP contribution in [0.4, 0.5) is 51.3 Å². The third kappa shape index (κ3) is 8.09. The van der Waals surface area contributed by atoms with Gasteiger partial charge >= 0.3 is 18.5 Å². The number of nitrogens with zero attached hydrogens (tertiary/aromatic N) is 7. The van der Waals surface area contributed by atoms with Crippen molar-refractivity contribution >= 4 is 11.8 Å². The van der Waals surface area contributed by atoms with Gasteiger partial charge in [0.2, 0.25) is 0 Å². The molecule has 1 N–H and O–H groups in total. The first-order chi connectivity index (χ1) is 21.9. The molecular formula is C30H34F9N7O. The Morgan fingerprint density at radius 1 is 0.851 bits per heavy atom. The van der Waals surface area contributed by atoms with E-state index in [1.165, 1.54) is 11.9 Å². The number of hydrogen-bond donors (Lipinski definition) is 1. The molecule has 0 spiro atoms. The highest BCUT2D eigenvalue weighted by molar-refractivity contribution is 5.52. The number of aromatic nitrogens is 5. The van der Waals surface area contributed by atoms with E-state index in [-0.39, 0.29) is 41.3 Å². The molecule has 1 saturated carbocycles. The molecule has 3 heterocycles. The standard InChI is InChI=1S/C30H34F9N7O/c1-17(47)19-5-7-20(8-6-19)25-4-3-9-46(25)26-21(12-24(14-40-26)30(37,38)39)16-45(27-41-43-44(2)42-27)15-18-10-22(28(31,32)33)13-23(11-18)29(34,35)36/h10-14,17,19-20,25,47H,3-9,15-16H2,1-2H3/t17?,19?,20?,25-/m1/s1. The van der Waals surface area contributed by atoms with E-state index >= 15 is 0 Å². The van der Waals surface area contributed by atoms with Crippen LogP contribution in [0.25, 0.3) is 0 Å². The average molecular weight is 680 g/mol. The van der Waals surface area contributed by atoms with E-state index in [1.54, 1.807) is 6.92 Å². The van der Waals surface area contributed by atoms with Gasteiger partial charge < -0.3 is 14.9 Å². The molecule has 1 aromatic carbocycles. The first-order valence-electron chi connectivity index (χ1n) is 15.2. The number of rotatable bonds is 8. The van der Waals surface area contributed by atoms with E-state index < -0.39 is 60.0 Å². The lowest BCUT2D eigenvalue weighted by Crippen LogP contribution is -2.40. The van der Waals surface area contributed by atoms with Crippen LogP contribution in [-0.4, -0.2) is 49.0 Å². The van der Waals surface area contributed by atoms with Crippen molar-refractivity contribution in [3.8, 4) is 0 Å². The molecule has 3 aromatic rings. The van der Waals surface area contributed by atoms with E-state index in [9.17, 15) is 44.6 Å². The second-order valence-electron chi connectivity index (χ2n) is 12.4. The highest BCUT2D eigenvalue weighted by atomic mass is 19.4. The Kier molecular flexibility index (Phi) is 9.68. The summed E-state index contributed by atoms with van der Waals surface area (Å²) in [4.78, 5) is 8.40. The van der Waals surface area contributed by atoms with Gasteiger partial charge in [0.15, 0.2) is 0 Å². The van der Waals surface area contributed by atoms with Gasteiger partial charge in [-0.3, -0.25) is 0 Å². The molecule has 258 valence electrons. The molecule has 1 aliphatic carbocycles. The molecule has 0 bridgehead atoms. The molecule has 0 amide bonds. The summed E-state index contributed by atoms with van der Waals surface area (Å²) < 4.78 is 124. The van der Waals surface area contributed by atoms with Crippen LogP contribution in [0.15, 0.2) is 30.5 Å². The average Bonchev–Trinajstić information content (AvgIpc) is 3.65. The van der Waals surface area contributed by atoms with Gasteiger partial charge in [-0.2, -0.15) is 44.3 Å². The molecule has 8 nitrogen and oxygen atoms in total. The van der Waals surface area contributed by atoms with Gasteiger partial charge in [-0.05, 0) is 92.3 Å². The van der Waals surface area contributed by atoms with Crippen molar-refractivity contribution in [2.45, 2.75) is 89.2 Å². The summed E-state index contributed by atoms with van der Waals surface area (Å²) in [6, 6.07) is 1.98. The van der Waals surface area contributed by atoms with Gasteiger partial charge in [0, 0.05) is 37.4 Å². The number of hydrogen-bond acceptors (Lipinski definition) is 7. The zero-order valence-electron chi connectivity index (χ0n) is 25.5. The monoisotopic (exact) mass is 679 g/mol. The van der Waals surface area contributed by atoms with E-state index in [1.807, 2.05) is 4.90 Å². The first kappa shape index (κ1) is 34.7. The topological polar surface area (TPSA) is 83.2 Å². The Labute approximate surface area is 264 Å². The van der Waals surface area contributed by atoms with Crippen LogP contribution in [0, 0.1) is 11.8 Å². The van der Waals surface area contributed by atoms with Crippen molar-refractivity contribution < 1.29 is 44.6 Å². The number of pyridine rings is 1. The Hall–Kier alpha value is -3.63. The predicted octanol–water partition coefficient (Wildman–Crippen LogP) is 7.02. The van der Waals surface area contributed by atoms with Gasteiger partial charge in [-0.25, -0.2) is 4.98 Å². The summed E-state index contributed by atoms with van der Waals surface area (Å²) in [5.74, 6) is 0.402. The number of alkyl halides is 9. The minimum Gasteiger partial charge on any atom is -0.393 e. The smallest absolute Gasteiger partial charge is 0.393 e. The van der Waals surface area contributed by atoms with Crippen LogP contribution in [0.1, 0.15) is 73.3 Å². The molecule has 0 radical (unpaired) electrons. The quantitative estimate of drug-likeness (QED) is 0.256. The molecule has 5 rings (SSSR count). The number of halogens is 9. The van der Waals surface area contributed by atoms with Crippen molar-refractivity contribution in [2.75, 3.05) is 16.3 Å². The molecule has 2 fully saturated rings. The normalized spacial score (nSPS) is 21.7. The van der Waals surface area contributed by atoms with E-state index in [2.05, 4.69) is 20.4 Å². The number of benzene rings is 1. The minimum absolute atomic E-state index is 0.00539. The lowest BCUT2D eigenvalue weighted by Gasteiger charge is -2.38. The molecule has 1 aliphatic heterocycles. The van der Waals surface area contributed by atoms with Crippen LogP contribution < -0.4 is 9.80 Å². The van der Waals surface area contributed by atoms with E-state index in [4.69, 9.17) is 0 Å². The molecule has 2 aromatic heterocycles. The molecule has 2 atom stereocenters. The fourth-order valence-electron chi connectivity index (χ4n) is 6.73. The summed E-state index contributed by atoms with van der Waals surface area (Å²) in [5.41, 5.74) is -4.47. The summed E-state index contributed by atoms with van der Waals surface area (Å²) in [6.45, 7) is 1.22. The molecular weight excluding hydrogens is 645 g/mol. The predicted molar refractivity (Wildman–Crippen MR) is 152 cm³/mol. The summed E-state index contributed by atoms with van der Waals surface area (Å²) in [6.07, 6.45) is -9.90. The maximum Gasteiger partial charge on any atom is 0.417 e. The summed E-state index contributed by atoms with van der Waals surface area (Å²) in [5, 5.41) is 21.7. The number of tetrazole rings is 1. The Morgan fingerprint density at radius 2 is 1.47 bits per heavy atom. The van der Waals surface area contributed by atoms with Crippen molar-refractivity contribution in [3.63, 3.8) is 0 Å². The molecule has 1 unspecified atom stereocenters. The summed E-state index contributed by atoms with van der Waals surface area (Å²) in [7, 11) is 1.39. The largest absolute Gasteiger partial charge is 0.417 e. The lowest BCUT2D eigenvalue weighted by molar-refractivity contribution is -0.143. The molecule has 2 aliphatic rings. The highest BCUT2D eigenvalue weighted by Gasteiger charge is 2.40. The van der Waals surface area contributed by atoms with Gasteiger partial charge in [0.05, 0.1) is 29.8 Å². The van der Waals surface area contributed by atoms with E-state index in [0.29, 0.717) is 18.7 Å². The van der Waals surface area contributed by atoms with Crippen molar-refractivity contribution in [1.82, 2.24) is 25.2 Å². The zero-order chi connectivity index (χ0) is 34.3. The molecule has 47 heavy (non-hydrogen) atoms. The first-order valence-corrected chi connectivity index (χ1v) is 15.2. The van der Waals surface area contributed by atoms with Crippen LogP contribution in [0.3, 0.4) is 0 Å². The second-order valence-corrected chi connectivity index (χ2v) is 12.4. The van der Waals surface area contributed by atoms with E-state index in [0.717, 1.165) is 55.6 Å². The van der Waals surface area contributed by atoms with Gasteiger partial charge in [0.25, 0.3) is 5.95 Å². The Bertz CT molecular complexity index is 1500. The van der Waals surface area contributed by atoms with Crippen LogP contribution in [0.2, 0.25) is 0 Å². The third-order valence-electron chi connectivity index (χ3n) is 9.05. The van der Waals surface area contributed by atoms with Gasteiger partial charge in [-0.15, -0.1) is 5.10 Å². The van der Waals surface area contributed by atoms with Crippen molar-refractivity contribution in [2.24, 2.45) is 18.9 Å². The fourth-order valence-corrected chi connectivity index (χ4v) is 6.73. The van der Waals surface area contributed by atoms with Crippen LogP contribution >= 0.6 is 0 Å². The maximum atomic E-state index is 13.9. The fraction of sp³-hybridized carbons (Fsp3) is 0.600. The van der Waals surface area contributed by atoms with Gasteiger partial charge in [0.1, 0.15) is 5.82 Å². The van der Waals surface area contributed by atoms with Gasteiger partial charge in [-0.1, -0.05) is 5.10 Å². The minimum atomic E-state index is -5.09. The highest BCUT2D eigenvalue weighted by Crippen LogP contribution is 2.42. The van der Waals surface area contributed by atoms with Crippen molar-refractivity contribution in [3.05, 3.63) is 58.3 Å². The van der Waals surface area contributed by atoms with Crippen molar-refractivity contribution in [1.29, 1.82) is 0 Å². The summed E-state index contributed by atoms with van der Waals surface area (Å²) >= 11 is 0. The van der Waals surface area contributed by atoms with Crippen LogP contribution in [0.5, 0.6) is 0 Å². The number of anilines is 2.